The molecule has 6 nitrogen and oxygen atoms in total. The highest BCUT2D eigenvalue weighted by molar-refractivity contribution is 14.0. The minimum atomic E-state index is 0. The zero-order valence-electron chi connectivity index (χ0n) is 18.1. The number of likely N-dealkylation sites (tertiary alicyclic amines) is 1. The van der Waals surface area contributed by atoms with E-state index in [1.165, 1.54) is 17.5 Å². The summed E-state index contributed by atoms with van der Waals surface area (Å²) in [7, 11) is 1.85. The van der Waals surface area contributed by atoms with Crippen molar-refractivity contribution >= 4 is 35.8 Å². The third-order valence-corrected chi connectivity index (χ3v) is 6.05. The van der Waals surface area contributed by atoms with Gasteiger partial charge in [-0.25, -0.2) is 0 Å². The van der Waals surface area contributed by atoms with E-state index in [1.807, 2.05) is 24.1 Å². The van der Waals surface area contributed by atoms with E-state index in [9.17, 15) is 4.79 Å². The van der Waals surface area contributed by atoms with Gasteiger partial charge < -0.3 is 15.1 Å². The molecule has 1 atom stereocenters. The zero-order chi connectivity index (χ0) is 19.9. The molecule has 7 heteroatoms. The smallest absolute Gasteiger partial charge is 0.223 e. The van der Waals surface area contributed by atoms with Gasteiger partial charge in [-0.05, 0) is 37.1 Å². The van der Waals surface area contributed by atoms with Gasteiger partial charge in [-0.2, -0.15) is 0 Å². The van der Waals surface area contributed by atoms with E-state index in [0.717, 1.165) is 58.2 Å². The van der Waals surface area contributed by atoms with Crippen LogP contribution in [0.25, 0.3) is 0 Å². The van der Waals surface area contributed by atoms with Gasteiger partial charge in [0, 0.05) is 52.2 Å². The van der Waals surface area contributed by atoms with Crippen LogP contribution in [0.1, 0.15) is 44.2 Å². The Morgan fingerprint density at radius 1 is 1.17 bits per heavy atom. The summed E-state index contributed by atoms with van der Waals surface area (Å²) in [5.74, 6) is 1.21. The fourth-order valence-corrected chi connectivity index (χ4v) is 4.41. The summed E-state index contributed by atoms with van der Waals surface area (Å²) in [5.41, 5.74) is 2.57. The number of likely N-dealkylation sites (N-methyl/N-ethyl adjacent to an activating group) is 1. The first-order valence-corrected chi connectivity index (χ1v) is 10.7. The van der Waals surface area contributed by atoms with Gasteiger partial charge in [0.15, 0.2) is 5.96 Å². The number of carbonyl (C=O) groups is 1. The van der Waals surface area contributed by atoms with Crippen molar-refractivity contribution in [2.75, 3.05) is 39.8 Å². The second kappa shape index (κ2) is 11.7. The minimum Gasteiger partial charge on any atom is -0.356 e. The average Bonchev–Trinajstić information content (AvgIpc) is 3.36. The monoisotopic (exact) mass is 513 g/mol. The number of nitrogens with one attached hydrogen (secondary N) is 1. The molecule has 1 saturated heterocycles. The molecular weight excluding hydrogens is 477 g/mol. The van der Waals surface area contributed by atoms with Crippen LogP contribution in [0, 0.1) is 0 Å². The summed E-state index contributed by atoms with van der Waals surface area (Å²) >= 11 is 0. The van der Waals surface area contributed by atoms with Gasteiger partial charge in [0.2, 0.25) is 5.91 Å². The Morgan fingerprint density at radius 3 is 2.41 bits per heavy atom. The Bertz CT molecular complexity index is 667. The number of fused-ring (bicyclic) bond motifs is 1. The van der Waals surface area contributed by atoms with Gasteiger partial charge in [-0.3, -0.25) is 14.7 Å². The van der Waals surface area contributed by atoms with E-state index in [-0.39, 0.29) is 29.9 Å². The normalized spacial score (nSPS) is 18.8. The maximum atomic E-state index is 12.5. The highest BCUT2D eigenvalue weighted by Gasteiger charge is 2.28. The van der Waals surface area contributed by atoms with Crippen molar-refractivity contribution in [2.24, 2.45) is 4.99 Å². The standard InChI is InChI=1S/C22H35N5O.HI/c1-4-25(5-2)20-12-14-26(17-20)22(23-3)24-13-8-11-21(28)27-15-18-9-6-7-10-19(18)16-27;/h6-7,9-10,20H,4-5,8,11-17H2,1-3H3,(H,23,24);1H. The Balaban J connectivity index is 0.00000300. The molecule has 162 valence electrons. The summed E-state index contributed by atoms with van der Waals surface area (Å²) in [6.45, 7) is 11.0. The van der Waals surface area contributed by atoms with E-state index >= 15 is 0 Å². The van der Waals surface area contributed by atoms with Crippen LogP contribution in [0.3, 0.4) is 0 Å². The number of hydrogen-bond acceptors (Lipinski definition) is 3. The molecule has 0 bridgehead atoms. The van der Waals surface area contributed by atoms with Crippen LogP contribution < -0.4 is 5.32 Å². The maximum absolute atomic E-state index is 12.5. The van der Waals surface area contributed by atoms with Crippen LogP contribution in [-0.4, -0.2) is 72.4 Å². The van der Waals surface area contributed by atoms with E-state index in [0.29, 0.717) is 12.5 Å². The number of carbonyl (C=O) groups excluding carboxylic acids is 1. The molecule has 0 aliphatic carbocycles. The van der Waals surface area contributed by atoms with E-state index in [1.54, 1.807) is 0 Å². The lowest BCUT2D eigenvalue weighted by Crippen LogP contribution is -2.43. The van der Waals surface area contributed by atoms with Crippen molar-refractivity contribution in [3.8, 4) is 0 Å². The largest absolute Gasteiger partial charge is 0.356 e. The molecule has 0 aromatic heterocycles. The molecule has 1 N–H and O–H groups in total. The third kappa shape index (κ3) is 6.07. The summed E-state index contributed by atoms with van der Waals surface area (Å²) < 4.78 is 0. The molecule has 2 heterocycles. The number of aliphatic imine (C=N–C) groups is 1. The number of nitrogens with zero attached hydrogens (tertiary/aromatic N) is 4. The zero-order valence-corrected chi connectivity index (χ0v) is 20.4. The molecule has 1 aromatic carbocycles. The molecule has 3 rings (SSSR count). The van der Waals surface area contributed by atoms with Gasteiger partial charge >= 0.3 is 0 Å². The van der Waals surface area contributed by atoms with Crippen LogP contribution in [0.4, 0.5) is 0 Å². The first-order chi connectivity index (χ1) is 13.7. The molecule has 1 unspecified atom stereocenters. The summed E-state index contributed by atoms with van der Waals surface area (Å²) in [5, 5.41) is 3.46. The van der Waals surface area contributed by atoms with Gasteiger partial charge in [-0.15, -0.1) is 24.0 Å². The van der Waals surface area contributed by atoms with E-state index in [4.69, 9.17) is 0 Å². The highest BCUT2D eigenvalue weighted by atomic mass is 127. The van der Waals surface area contributed by atoms with Crippen LogP contribution in [0.2, 0.25) is 0 Å². The number of benzene rings is 1. The second-order valence-electron chi connectivity index (χ2n) is 7.71. The molecule has 29 heavy (non-hydrogen) atoms. The van der Waals surface area contributed by atoms with Crippen molar-refractivity contribution in [1.29, 1.82) is 0 Å². The molecular formula is C22H36IN5O. The fraction of sp³-hybridized carbons (Fsp3) is 0.636. The van der Waals surface area contributed by atoms with E-state index in [2.05, 4.69) is 46.1 Å². The van der Waals surface area contributed by atoms with Gasteiger partial charge in [0.25, 0.3) is 0 Å². The summed E-state index contributed by atoms with van der Waals surface area (Å²) in [4.78, 5) is 23.8. The lowest BCUT2D eigenvalue weighted by molar-refractivity contribution is -0.131. The third-order valence-electron chi connectivity index (χ3n) is 6.05. The second-order valence-corrected chi connectivity index (χ2v) is 7.71. The minimum absolute atomic E-state index is 0. The molecule has 0 radical (unpaired) electrons. The summed E-state index contributed by atoms with van der Waals surface area (Å²) in [6, 6.07) is 8.95. The van der Waals surface area contributed by atoms with Crippen molar-refractivity contribution in [3.05, 3.63) is 35.4 Å². The predicted octanol–water partition coefficient (Wildman–Crippen LogP) is 2.92. The number of halogens is 1. The lowest BCUT2D eigenvalue weighted by Gasteiger charge is -2.27. The summed E-state index contributed by atoms with van der Waals surface area (Å²) in [6.07, 6.45) is 2.61. The van der Waals surface area contributed by atoms with Gasteiger partial charge in [-0.1, -0.05) is 38.1 Å². The SMILES string of the molecule is CCN(CC)C1CCN(C(=NC)NCCCC(=O)N2Cc3ccccc3C2)C1.I. The molecule has 1 amide bonds. The molecule has 0 saturated carbocycles. The highest BCUT2D eigenvalue weighted by Crippen LogP contribution is 2.23. The lowest BCUT2D eigenvalue weighted by atomic mass is 10.1. The first kappa shape index (κ1) is 23.9. The average molecular weight is 513 g/mol. The quantitative estimate of drug-likeness (QED) is 0.264. The molecule has 1 aromatic rings. The molecule has 2 aliphatic heterocycles. The van der Waals surface area contributed by atoms with Crippen LogP contribution in [0.15, 0.2) is 29.3 Å². The molecule has 2 aliphatic rings. The van der Waals surface area contributed by atoms with Crippen molar-refractivity contribution < 1.29 is 4.79 Å². The molecule has 1 fully saturated rings. The Labute approximate surface area is 192 Å². The van der Waals surface area contributed by atoms with Crippen molar-refractivity contribution in [1.82, 2.24) is 20.0 Å². The fourth-order valence-electron chi connectivity index (χ4n) is 4.41. The first-order valence-electron chi connectivity index (χ1n) is 10.7. The maximum Gasteiger partial charge on any atom is 0.223 e. The number of guanidine groups is 1. The Kier molecular flexibility index (Phi) is 9.68. The Morgan fingerprint density at radius 2 is 1.83 bits per heavy atom. The molecule has 0 spiro atoms. The van der Waals surface area contributed by atoms with E-state index < -0.39 is 0 Å². The number of hydrogen-bond donors (Lipinski definition) is 1. The van der Waals surface area contributed by atoms with Crippen LogP contribution >= 0.6 is 24.0 Å². The number of rotatable bonds is 7. The van der Waals surface area contributed by atoms with Gasteiger partial charge in [0.1, 0.15) is 0 Å². The topological polar surface area (TPSA) is 51.2 Å². The Hall–Kier alpha value is -1.35. The van der Waals surface area contributed by atoms with Crippen molar-refractivity contribution in [2.45, 2.75) is 52.2 Å². The van der Waals surface area contributed by atoms with Gasteiger partial charge in [0.05, 0.1) is 0 Å². The number of amides is 1. The van der Waals surface area contributed by atoms with Crippen LogP contribution in [0.5, 0.6) is 0 Å². The van der Waals surface area contributed by atoms with Crippen LogP contribution in [-0.2, 0) is 17.9 Å². The van der Waals surface area contributed by atoms with Crippen molar-refractivity contribution in [3.63, 3.8) is 0 Å². The predicted molar refractivity (Wildman–Crippen MR) is 130 cm³/mol.